The number of esters is 1. The van der Waals surface area contributed by atoms with Crippen LogP contribution in [-0.2, 0) is 23.4 Å². The van der Waals surface area contributed by atoms with Crippen molar-refractivity contribution < 1.29 is 14.3 Å². The molecule has 2 aliphatic heterocycles. The number of hydrogen-bond donors (Lipinski definition) is 0. The number of fused-ring (bicyclic) bond motifs is 6. The van der Waals surface area contributed by atoms with Gasteiger partial charge in [-0.25, -0.2) is 4.79 Å². The summed E-state index contributed by atoms with van der Waals surface area (Å²) in [7, 11) is 0. The number of carbonyl (C=O) groups is 1. The predicted octanol–water partition coefficient (Wildman–Crippen LogP) is 10.6. The number of rotatable bonds is 14. The molecule has 0 bridgehead atoms. The van der Waals surface area contributed by atoms with Crippen LogP contribution in [0.4, 0.5) is 11.4 Å². The zero-order chi connectivity index (χ0) is 33.6. The van der Waals surface area contributed by atoms with Crippen molar-refractivity contribution in [3.8, 4) is 11.5 Å². The number of anilines is 2. The molecule has 2 aliphatic rings. The normalized spacial score (nSPS) is 15.6. The molecule has 0 amide bonds. The Hall–Kier alpha value is -5.03. The second kappa shape index (κ2) is 14.6. The first-order valence-corrected chi connectivity index (χ1v) is 18.0. The van der Waals surface area contributed by atoms with Crippen LogP contribution < -0.4 is 14.5 Å². The molecule has 0 saturated heterocycles. The fourth-order valence-corrected chi connectivity index (χ4v) is 7.36. The van der Waals surface area contributed by atoms with Crippen LogP contribution in [0, 0.1) is 0 Å². The Morgan fingerprint density at radius 1 is 0.551 bits per heavy atom. The van der Waals surface area contributed by atoms with E-state index in [9.17, 15) is 4.79 Å². The average molecular weight is 651 g/mol. The zero-order valence-electron chi connectivity index (χ0n) is 28.7. The summed E-state index contributed by atoms with van der Waals surface area (Å²) >= 11 is 0. The third-order valence-electron chi connectivity index (χ3n) is 9.90. The molecule has 5 aromatic rings. The van der Waals surface area contributed by atoms with E-state index in [0.29, 0.717) is 11.3 Å². The summed E-state index contributed by atoms with van der Waals surface area (Å²) in [6, 6.07) is 41.8. The lowest BCUT2D eigenvalue weighted by Crippen LogP contribution is -2.34. The summed E-state index contributed by atoms with van der Waals surface area (Å²) < 4.78 is 13.4. The Bertz CT molecular complexity index is 1840. The molecule has 0 saturated carbocycles. The van der Waals surface area contributed by atoms with Crippen molar-refractivity contribution in [3.05, 3.63) is 155 Å². The first kappa shape index (κ1) is 32.5. The summed E-state index contributed by atoms with van der Waals surface area (Å²) in [5.41, 5.74) is 6.67. The van der Waals surface area contributed by atoms with E-state index < -0.39 is 5.60 Å². The van der Waals surface area contributed by atoms with Gasteiger partial charge in [-0.15, -0.1) is 0 Å². The summed E-state index contributed by atoms with van der Waals surface area (Å²) in [6.07, 6.45) is 7.12. The van der Waals surface area contributed by atoms with E-state index in [1.807, 2.05) is 24.3 Å². The Balaban J connectivity index is 1.33. The minimum Gasteiger partial charge on any atom is -0.456 e. The maximum Gasteiger partial charge on any atom is 0.340 e. The van der Waals surface area contributed by atoms with Crippen molar-refractivity contribution in [3.63, 3.8) is 0 Å². The van der Waals surface area contributed by atoms with E-state index in [0.717, 1.165) is 72.8 Å². The molecule has 5 nitrogen and oxygen atoms in total. The fraction of sp³-hybridized carbons (Fsp3) is 0.295. The van der Waals surface area contributed by atoms with Crippen LogP contribution in [0.25, 0.3) is 0 Å². The van der Waals surface area contributed by atoms with Crippen LogP contribution >= 0.6 is 0 Å². The molecule has 1 unspecified atom stereocenters. The minimum absolute atomic E-state index is 0.310. The molecular weight excluding hydrogens is 604 g/mol. The third-order valence-corrected chi connectivity index (χ3v) is 9.90. The summed E-state index contributed by atoms with van der Waals surface area (Å²) in [6.45, 7) is 7.98. The monoisotopic (exact) mass is 650 g/mol. The van der Waals surface area contributed by atoms with Crippen molar-refractivity contribution in [2.75, 3.05) is 22.9 Å². The molecule has 1 spiro atoms. The van der Waals surface area contributed by atoms with E-state index in [4.69, 9.17) is 9.47 Å². The molecule has 7 rings (SSSR count). The van der Waals surface area contributed by atoms with Gasteiger partial charge in [0.1, 0.15) is 11.5 Å². The highest BCUT2D eigenvalue weighted by Crippen LogP contribution is 2.57. The highest BCUT2D eigenvalue weighted by atomic mass is 16.6. The van der Waals surface area contributed by atoms with Crippen molar-refractivity contribution in [2.24, 2.45) is 0 Å². The van der Waals surface area contributed by atoms with Crippen molar-refractivity contribution in [2.45, 2.75) is 71.1 Å². The SMILES string of the molecule is CCCCCN(CCCCC)c1ccc2c(c1)Oc1ccc(N(Cc3ccccc3)Cc3ccccc3)cc1C21OC(=O)c2ccccc21. The predicted molar refractivity (Wildman–Crippen MR) is 199 cm³/mol. The fourth-order valence-electron chi connectivity index (χ4n) is 7.36. The number of nitrogens with zero attached hydrogens (tertiary/aromatic N) is 2. The Morgan fingerprint density at radius 2 is 1.14 bits per heavy atom. The molecule has 2 heterocycles. The van der Waals surface area contributed by atoms with Crippen LogP contribution in [0.2, 0.25) is 0 Å². The molecule has 49 heavy (non-hydrogen) atoms. The Kier molecular flexibility index (Phi) is 9.70. The van der Waals surface area contributed by atoms with Gasteiger partial charge in [-0.2, -0.15) is 0 Å². The maximum absolute atomic E-state index is 13.6. The number of benzene rings is 5. The zero-order valence-corrected chi connectivity index (χ0v) is 28.7. The van der Waals surface area contributed by atoms with Gasteiger partial charge in [-0.1, -0.05) is 118 Å². The van der Waals surface area contributed by atoms with Gasteiger partial charge in [0.15, 0.2) is 5.60 Å². The Morgan fingerprint density at radius 3 is 1.80 bits per heavy atom. The first-order chi connectivity index (χ1) is 24.1. The van der Waals surface area contributed by atoms with Gasteiger partial charge in [0.25, 0.3) is 0 Å². The number of unbranched alkanes of at least 4 members (excludes halogenated alkanes) is 4. The van der Waals surface area contributed by atoms with Gasteiger partial charge < -0.3 is 19.3 Å². The van der Waals surface area contributed by atoms with E-state index in [2.05, 4.69) is 121 Å². The minimum atomic E-state index is -1.12. The first-order valence-electron chi connectivity index (χ1n) is 18.0. The Labute approximate surface area is 291 Å². The molecule has 0 aliphatic carbocycles. The van der Waals surface area contributed by atoms with Gasteiger partial charge >= 0.3 is 5.97 Å². The molecule has 0 fully saturated rings. The summed E-state index contributed by atoms with van der Waals surface area (Å²) in [5.74, 6) is 1.14. The summed E-state index contributed by atoms with van der Waals surface area (Å²) in [4.78, 5) is 18.5. The second-order valence-electron chi connectivity index (χ2n) is 13.3. The van der Waals surface area contributed by atoms with Crippen LogP contribution in [0.5, 0.6) is 11.5 Å². The average Bonchev–Trinajstić information content (AvgIpc) is 3.43. The smallest absolute Gasteiger partial charge is 0.340 e. The highest BCUT2D eigenvalue weighted by Gasteiger charge is 2.53. The lowest BCUT2D eigenvalue weighted by Gasteiger charge is -2.38. The largest absolute Gasteiger partial charge is 0.456 e. The van der Waals surface area contributed by atoms with Crippen LogP contribution in [-0.4, -0.2) is 19.1 Å². The summed E-state index contributed by atoms with van der Waals surface area (Å²) in [5, 5.41) is 0. The van der Waals surface area contributed by atoms with Gasteiger partial charge in [0.2, 0.25) is 0 Å². The maximum atomic E-state index is 13.6. The van der Waals surface area contributed by atoms with Crippen LogP contribution in [0.3, 0.4) is 0 Å². The van der Waals surface area contributed by atoms with Crippen LogP contribution in [0.15, 0.2) is 121 Å². The lowest BCUT2D eigenvalue weighted by atomic mass is 9.77. The van der Waals surface area contributed by atoms with Crippen LogP contribution in [0.1, 0.15) is 90.5 Å². The number of ether oxygens (including phenoxy) is 2. The molecule has 0 aromatic heterocycles. The standard InChI is InChI=1S/C44H46N2O3/c1-3-5-15-27-45(28-16-6-4-2)36-23-25-39-42(30-36)48-41-26-24-35(29-40(41)44(39)38-22-14-13-21-37(38)43(47)49-44)46(31-33-17-9-7-10-18-33)32-34-19-11-8-12-20-34/h7-14,17-26,29-30H,3-6,15-16,27-28,31-32H2,1-2H3. The van der Waals surface area contributed by atoms with Gasteiger partial charge in [-0.3, -0.25) is 0 Å². The molecule has 5 heteroatoms. The quantitative estimate of drug-likeness (QED) is 0.0884. The van der Waals surface area contributed by atoms with Gasteiger partial charge in [0.05, 0.1) is 5.56 Å². The molecule has 250 valence electrons. The van der Waals surface area contributed by atoms with Gasteiger partial charge in [-0.05, 0) is 60.4 Å². The van der Waals surface area contributed by atoms with E-state index >= 15 is 0 Å². The topological polar surface area (TPSA) is 42.0 Å². The van der Waals surface area contributed by atoms with E-state index in [-0.39, 0.29) is 5.97 Å². The number of hydrogen-bond acceptors (Lipinski definition) is 5. The molecule has 5 aromatic carbocycles. The molecular formula is C44H46N2O3. The highest BCUT2D eigenvalue weighted by molar-refractivity contribution is 5.97. The number of carbonyl (C=O) groups excluding carboxylic acids is 1. The van der Waals surface area contributed by atoms with Gasteiger partial charge in [0, 0.05) is 60.3 Å². The molecule has 0 radical (unpaired) electrons. The molecule has 1 atom stereocenters. The van der Waals surface area contributed by atoms with Crippen molar-refractivity contribution in [1.29, 1.82) is 0 Å². The van der Waals surface area contributed by atoms with E-state index in [1.54, 1.807) is 0 Å². The lowest BCUT2D eigenvalue weighted by molar-refractivity contribution is 0.0224. The van der Waals surface area contributed by atoms with E-state index in [1.165, 1.54) is 36.8 Å². The van der Waals surface area contributed by atoms with Crippen molar-refractivity contribution in [1.82, 2.24) is 0 Å². The van der Waals surface area contributed by atoms with Crippen molar-refractivity contribution >= 4 is 17.3 Å². The third kappa shape index (κ3) is 6.55. The molecule has 0 N–H and O–H groups in total. The second-order valence-corrected chi connectivity index (χ2v) is 13.3.